The van der Waals surface area contributed by atoms with Gasteiger partial charge in [0.2, 0.25) is 5.91 Å². The quantitative estimate of drug-likeness (QED) is 0.760. The maximum absolute atomic E-state index is 12.1. The number of nitrogens with zero attached hydrogens (tertiary/aromatic N) is 1. The van der Waals surface area contributed by atoms with Crippen molar-refractivity contribution < 1.29 is 13.2 Å². The molecular formula is C12H12N4O4S. The summed E-state index contributed by atoms with van der Waals surface area (Å²) in [6.45, 7) is 1.35. The minimum atomic E-state index is -3.85. The molecule has 0 bridgehead atoms. The number of aromatic amines is 1. The molecule has 2 rings (SSSR count). The average molecular weight is 308 g/mol. The fraction of sp³-hybridized carbons (Fsp3) is 0.0833. The van der Waals surface area contributed by atoms with Crippen molar-refractivity contribution in [3.63, 3.8) is 0 Å². The van der Waals surface area contributed by atoms with E-state index >= 15 is 0 Å². The van der Waals surface area contributed by atoms with Gasteiger partial charge in [0, 0.05) is 18.7 Å². The number of H-pyrrole nitrogens is 1. The molecule has 1 heterocycles. The van der Waals surface area contributed by atoms with Crippen molar-refractivity contribution in [2.75, 3.05) is 10.0 Å². The summed E-state index contributed by atoms with van der Waals surface area (Å²) in [7, 11) is -3.85. The van der Waals surface area contributed by atoms with Crippen LogP contribution >= 0.6 is 0 Å². The van der Waals surface area contributed by atoms with Gasteiger partial charge in [-0.2, -0.15) is 0 Å². The van der Waals surface area contributed by atoms with E-state index < -0.39 is 15.6 Å². The number of amides is 1. The molecule has 1 aromatic heterocycles. The SMILES string of the molecule is CC(=O)Nc1ccc(S(=O)(=O)Nc2cc(=O)[nH]cn2)cc1. The summed E-state index contributed by atoms with van der Waals surface area (Å²) in [5, 5.41) is 2.53. The van der Waals surface area contributed by atoms with Crippen molar-refractivity contribution in [3.8, 4) is 0 Å². The zero-order valence-electron chi connectivity index (χ0n) is 11.0. The minimum Gasteiger partial charge on any atom is -0.326 e. The highest BCUT2D eigenvalue weighted by molar-refractivity contribution is 7.92. The molecule has 0 fully saturated rings. The highest BCUT2D eigenvalue weighted by Crippen LogP contribution is 2.16. The molecule has 1 aromatic carbocycles. The second kappa shape index (κ2) is 5.75. The van der Waals surface area contributed by atoms with Crippen molar-refractivity contribution >= 4 is 27.4 Å². The zero-order valence-corrected chi connectivity index (χ0v) is 11.8. The summed E-state index contributed by atoms with van der Waals surface area (Å²) < 4.78 is 26.4. The van der Waals surface area contributed by atoms with Gasteiger partial charge in [0.1, 0.15) is 5.82 Å². The maximum Gasteiger partial charge on any atom is 0.263 e. The lowest BCUT2D eigenvalue weighted by molar-refractivity contribution is -0.114. The number of sulfonamides is 1. The number of carbonyl (C=O) groups excluding carboxylic acids is 1. The highest BCUT2D eigenvalue weighted by atomic mass is 32.2. The molecule has 0 aliphatic carbocycles. The maximum atomic E-state index is 12.1. The molecule has 0 spiro atoms. The third kappa shape index (κ3) is 3.89. The lowest BCUT2D eigenvalue weighted by atomic mass is 10.3. The Morgan fingerprint density at radius 3 is 2.48 bits per heavy atom. The Morgan fingerprint density at radius 1 is 1.24 bits per heavy atom. The summed E-state index contributed by atoms with van der Waals surface area (Å²) in [5.41, 5.74) is 0.0134. The summed E-state index contributed by atoms with van der Waals surface area (Å²) in [6.07, 6.45) is 1.10. The molecule has 21 heavy (non-hydrogen) atoms. The first-order valence-electron chi connectivity index (χ1n) is 5.82. The van der Waals surface area contributed by atoms with Gasteiger partial charge < -0.3 is 10.3 Å². The number of benzene rings is 1. The molecule has 0 aliphatic heterocycles. The third-order valence-electron chi connectivity index (χ3n) is 2.40. The monoisotopic (exact) mass is 308 g/mol. The van der Waals surface area contributed by atoms with Crippen LogP contribution in [0.2, 0.25) is 0 Å². The number of anilines is 2. The van der Waals surface area contributed by atoms with Crippen LogP contribution in [0.1, 0.15) is 6.92 Å². The zero-order chi connectivity index (χ0) is 15.5. The van der Waals surface area contributed by atoms with Gasteiger partial charge in [0.05, 0.1) is 11.2 Å². The van der Waals surface area contributed by atoms with Crippen molar-refractivity contribution in [2.45, 2.75) is 11.8 Å². The smallest absolute Gasteiger partial charge is 0.263 e. The molecule has 3 N–H and O–H groups in total. The summed E-state index contributed by atoms with van der Waals surface area (Å²) in [4.78, 5) is 27.9. The van der Waals surface area contributed by atoms with Crippen LogP contribution in [-0.4, -0.2) is 24.3 Å². The van der Waals surface area contributed by atoms with Crippen LogP contribution in [0.5, 0.6) is 0 Å². The van der Waals surface area contributed by atoms with Gasteiger partial charge in [-0.3, -0.25) is 14.3 Å². The molecule has 0 aliphatic rings. The third-order valence-corrected chi connectivity index (χ3v) is 3.77. The number of carbonyl (C=O) groups is 1. The molecule has 0 unspecified atom stereocenters. The number of rotatable bonds is 4. The molecule has 0 radical (unpaired) electrons. The van der Waals surface area contributed by atoms with Gasteiger partial charge in [0.25, 0.3) is 15.6 Å². The van der Waals surface area contributed by atoms with E-state index in [0.717, 1.165) is 12.4 Å². The van der Waals surface area contributed by atoms with Crippen molar-refractivity contribution in [2.24, 2.45) is 0 Å². The topological polar surface area (TPSA) is 121 Å². The number of aromatic nitrogens is 2. The number of hydrogen-bond donors (Lipinski definition) is 3. The Morgan fingerprint density at radius 2 is 1.90 bits per heavy atom. The van der Waals surface area contributed by atoms with E-state index in [4.69, 9.17) is 0 Å². The van der Waals surface area contributed by atoms with Crippen LogP contribution in [-0.2, 0) is 14.8 Å². The second-order valence-electron chi connectivity index (χ2n) is 4.11. The molecule has 110 valence electrons. The Labute approximate surface area is 120 Å². The van der Waals surface area contributed by atoms with E-state index in [1.54, 1.807) is 0 Å². The van der Waals surface area contributed by atoms with E-state index in [2.05, 4.69) is 20.0 Å². The Balaban J connectivity index is 2.23. The van der Waals surface area contributed by atoms with E-state index in [9.17, 15) is 18.0 Å². The van der Waals surface area contributed by atoms with Gasteiger partial charge >= 0.3 is 0 Å². The molecule has 0 saturated carbocycles. The van der Waals surface area contributed by atoms with E-state index in [-0.39, 0.29) is 16.6 Å². The second-order valence-corrected chi connectivity index (χ2v) is 5.79. The van der Waals surface area contributed by atoms with Gasteiger partial charge in [-0.25, -0.2) is 13.4 Å². The fourth-order valence-electron chi connectivity index (χ4n) is 1.54. The summed E-state index contributed by atoms with van der Waals surface area (Å²) in [5.74, 6) is -0.332. The van der Waals surface area contributed by atoms with Crippen LogP contribution in [0, 0.1) is 0 Å². The molecule has 0 saturated heterocycles. The largest absolute Gasteiger partial charge is 0.326 e. The number of hydrogen-bond acceptors (Lipinski definition) is 5. The Hall–Kier alpha value is -2.68. The highest BCUT2D eigenvalue weighted by Gasteiger charge is 2.15. The van der Waals surface area contributed by atoms with Crippen molar-refractivity contribution in [1.82, 2.24) is 9.97 Å². The molecule has 8 nitrogen and oxygen atoms in total. The van der Waals surface area contributed by atoms with Crippen LogP contribution in [0.15, 0.2) is 46.3 Å². The van der Waals surface area contributed by atoms with Crippen LogP contribution in [0.3, 0.4) is 0 Å². The van der Waals surface area contributed by atoms with E-state index in [1.165, 1.54) is 31.2 Å². The van der Waals surface area contributed by atoms with Crippen LogP contribution in [0.4, 0.5) is 11.5 Å². The minimum absolute atomic E-state index is 0.0151. The lowest BCUT2D eigenvalue weighted by Gasteiger charge is -2.08. The van der Waals surface area contributed by atoms with Crippen LogP contribution in [0.25, 0.3) is 0 Å². The lowest BCUT2D eigenvalue weighted by Crippen LogP contribution is -2.16. The molecule has 9 heteroatoms. The van der Waals surface area contributed by atoms with Crippen molar-refractivity contribution in [3.05, 3.63) is 47.0 Å². The summed E-state index contributed by atoms with van der Waals surface area (Å²) >= 11 is 0. The molecular weight excluding hydrogens is 296 g/mol. The van der Waals surface area contributed by atoms with Gasteiger partial charge in [-0.1, -0.05) is 0 Å². The Bertz CT molecular complexity index is 812. The molecule has 2 aromatic rings. The molecule has 0 atom stereocenters. The van der Waals surface area contributed by atoms with Gasteiger partial charge in [-0.15, -0.1) is 0 Å². The van der Waals surface area contributed by atoms with E-state index in [1.807, 2.05) is 0 Å². The summed E-state index contributed by atoms with van der Waals surface area (Å²) in [6, 6.07) is 6.62. The number of nitrogens with one attached hydrogen (secondary N) is 3. The Kier molecular flexibility index (Phi) is 4.03. The predicted octanol–water partition coefficient (Wildman–Crippen LogP) is 0.529. The van der Waals surface area contributed by atoms with E-state index in [0.29, 0.717) is 5.69 Å². The first kappa shape index (κ1) is 14.7. The first-order valence-corrected chi connectivity index (χ1v) is 7.30. The predicted molar refractivity (Wildman–Crippen MR) is 76.4 cm³/mol. The molecule has 1 amide bonds. The van der Waals surface area contributed by atoms with Crippen LogP contribution < -0.4 is 15.6 Å². The van der Waals surface area contributed by atoms with Crippen molar-refractivity contribution in [1.29, 1.82) is 0 Å². The first-order chi connectivity index (χ1) is 9.87. The fourth-order valence-corrected chi connectivity index (χ4v) is 2.54. The standard InChI is InChI=1S/C12H12N4O4S/c1-8(17)15-9-2-4-10(5-3-9)21(19,20)16-11-6-12(18)14-7-13-11/h2-7H,1H3,(H,15,17)(H2,13,14,16,18). The average Bonchev–Trinajstić information content (AvgIpc) is 2.38. The normalized spacial score (nSPS) is 10.9. The van der Waals surface area contributed by atoms with Gasteiger partial charge in [-0.05, 0) is 24.3 Å². The van der Waals surface area contributed by atoms with Gasteiger partial charge in [0.15, 0.2) is 0 Å².